The zero-order valence-corrected chi connectivity index (χ0v) is 22.3. The number of amides is 1. The Kier molecular flexibility index (Phi) is 8.24. The number of para-hydroxylation sites is 2. The molecule has 1 N–H and O–H groups in total. The van der Waals surface area contributed by atoms with E-state index in [2.05, 4.69) is 10.3 Å². The van der Waals surface area contributed by atoms with Gasteiger partial charge < -0.3 is 14.8 Å². The van der Waals surface area contributed by atoms with Gasteiger partial charge in [-0.3, -0.25) is 4.79 Å². The molecule has 1 aliphatic rings. The topological polar surface area (TPSA) is 87.5 Å². The number of ether oxygens (including phenoxy) is 2. The summed E-state index contributed by atoms with van der Waals surface area (Å²) in [6.07, 6.45) is -1.08. The lowest BCUT2D eigenvalue weighted by Gasteiger charge is -2.17. The molecule has 0 bridgehead atoms. The predicted molar refractivity (Wildman–Crippen MR) is 145 cm³/mol. The van der Waals surface area contributed by atoms with Crippen molar-refractivity contribution in [2.24, 2.45) is 0 Å². The maximum Gasteiger partial charge on any atom is 0.281 e. The number of carbonyl (C=O) groups is 1. The smallest absolute Gasteiger partial charge is 0.281 e. The molecule has 0 spiro atoms. The largest absolute Gasteiger partial charge is 0.496 e. The number of aromatic nitrogens is 1. The van der Waals surface area contributed by atoms with Crippen LogP contribution in [0.4, 0.5) is 14.5 Å². The summed E-state index contributed by atoms with van der Waals surface area (Å²) >= 11 is 6.57. The maximum absolute atomic E-state index is 13.3. The van der Waals surface area contributed by atoms with Gasteiger partial charge in [0.05, 0.1) is 25.5 Å². The Bertz CT molecular complexity index is 1490. The molecule has 1 aromatic heterocycles. The van der Waals surface area contributed by atoms with Crippen LogP contribution < -0.4 is 19.7 Å². The Balaban J connectivity index is 1.62. The first-order valence-corrected chi connectivity index (χ1v) is 12.7. The number of benzene rings is 2. The number of nitriles is 1. The van der Waals surface area contributed by atoms with Crippen molar-refractivity contribution in [1.29, 1.82) is 5.26 Å². The van der Waals surface area contributed by atoms with Crippen LogP contribution in [0, 0.1) is 18.3 Å². The van der Waals surface area contributed by atoms with Crippen LogP contribution in [-0.2, 0) is 10.5 Å². The van der Waals surface area contributed by atoms with Gasteiger partial charge in [-0.05, 0) is 66.7 Å². The first kappa shape index (κ1) is 27.0. The van der Waals surface area contributed by atoms with E-state index < -0.39 is 6.43 Å². The zero-order valence-electron chi connectivity index (χ0n) is 20.6. The number of thiocarbonyl (C=S) groups is 1. The third-order valence-electron chi connectivity index (χ3n) is 5.72. The van der Waals surface area contributed by atoms with Crippen molar-refractivity contribution in [2.45, 2.75) is 24.1 Å². The Hall–Kier alpha value is -4.01. The van der Waals surface area contributed by atoms with Crippen LogP contribution in [0.15, 0.2) is 59.3 Å². The summed E-state index contributed by atoms with van der Waals surface area (Å²) in [5, 5.41) is 12.9. The summed E-state index contributed by atoms with van der Waals surface area (Å²) in [5.41, 5.74) is 2.53. The highest BCUT2D eigenvalue weighted by molar-refractivity contribution is 7.98. The van der Waals surface area contributed by atoms with Gasteiger partial charge in [-0.2, -0.15) is 5.26 Å². The summed E-state index contributed by atoms with van der Waals surface area (Å²) in [6.45, 7) is 1.61. The number of hydrogen-bond acceptors (Lipinski definition) is 7. The monoisotopic (exact) mass is 552 g/mol. The number of rotatable bonds is 8. The fourth-order valence-corrected chi connectivity index (χ4v) is 5.23. The number of methoxy groups -OCH3 is 2. The molecular formula is C27H22F2N4O3S2. The molecule has 1 amide bonds. The van der Waals surface area contributed by atoms with E-state index in [9.17, 15) is 18.8 Å². The Morgan fingerprint density at radius 3 is 2.61 bits per heavy atom. The van der Waals surface area contributed by atoms with E-state index in [1.165, 1.54) is 25.2 Å². The molecule has 0 saturated carbocycles. The lowest BCUT2D eigenvalue weighted by Crippen LogP contribution is -2.30. The maximum atomic E-state index is 13.3. The third kappa shape index (κ3) is 5.46. The summed E-state index contributed by atoms with van der Waals surface area (Å²) in [5.74, 6) is 1.03. The molecule has 2 heterocycles. The van der Waals surface area contributed by atoms with Crippen LogP contribution in [0.25, 0.3) is 6.08 Å². The number of carbonyl (C=O) groups excluding carboxylic acids is 1. The first-order valence-electron chi connectivity index (χ1n) is 11.3. The van der Waals surface area contributed by atoms with Crippen LogP contribution in [0.1, 0.15) is 34.4 Å². The molecule has 7 nitrogen and oxygen atoms in total. The Labute approximate surface area is 228 Å². The highest BCUT2D eigenvalue weighted by Crippen LogP contribution is 2.34. The van der Waals surface area contributed by atoms with Crippen LogP contribution in [0.2, 0.25) is 0 Å². The molecule has 1 fully saturated rings. The number of aryl methyl sites for hydroxylation is 1. The molecule has 0 aliphatic carbocycles. The molecule has 0 atom stereocenters. The minimum Gasteiger partial charge on any atom is -0.496 e. The number of nitrogens with one attached hydrogen (secondary N) is 1. The van der Waals surface area contributed by atoms with Crippen molar-refractivity contribution in [2.75, 3.05) is 19.1 Å². The highest BCUT2D eigenvalue weighted by Gasteiger charge is 2.33. The van der Waals surface area contributed by atoms with Gasteiger partial charge in [0.15, 0.2) is 5.11 Å². The van der Waals surface area contributed by atoms with Gasteiger partial charge in [-0.25, -0.2) is 18.7 Å². The summed E-state index contributed by atoms with van der Waals surface area (Å²) in [6, 6.07) is 15.7. The van der Waals surface area contributed by atoms with Crippen molar-refractivity contribution in [3.63, 3.8) is 0 Å². The van der Waals surface area contributed by atoms with Gasteiger partial charge >= 0.3 is 0 Å². The quantitative estimate of drug-likeness (QED) is 0.214. The lowest BCUT2D eigenvalue weighted by molar-refractivity contribution is -0.113. The number of alkyl halides is 2. The predicted octanol–water partition coefficient (Wildman–Crippen LogP) is 5.77. The minimum atomic E-state index is -2.75. The van der Waals surface area contributed by atoms with Crippen LogP contribution in [-0.4, -0.2) is 30.2 Å². The fraction of sp³-hybridized carbons (Fsp3) is 0.185. The number of halogens is 2. The number of anilines is 1. The fourth-order valence-electron chi connectivity index (χ4n) is 3.90. The van der Waals surface area contributed by atoms with Crippen LogP contribution in [0.5, 0.6) is 11.5 Å². The van der Waals surface area contributed by atoms with Crippen molar-refractivity contribution >= 4 is 46.8 Å². The second kappa shape index (κ2) is 11.6. The lowest BCUT2D eigenvalue weighted by atomic mass is 10.1. The average molecular weight is 553 g/mol. The number of thioether (sulfide) groups is 1. The van der Waals surface area contributed by atoms with E-state index in [-0.39, 0.29) is 33.0 Å². The minimum absolute atomic E-state index is 0.221. The van der Waals surface area contributed by atoms with Crippen molar-refractivity contribution in [3.05, 3.63) is 82.2 Å². The molecule has 4 rings (SSSR count). The molecule has 1 aliphatic heterocycles. The molecule has 1 saturated heterocycles. The molecular weight excluding hydrogens is 530 g/mol. The van der Waals surface area contributed by atoms with E-state index in [0.29, 0.717) is 34.1 Å². The van der Waals surface area contributed by atoms with E-state index in [4.69, 9.17) is 21.7 Å². The molecule has 0 unspecified atom stereocenters. The second-order valence-corrected chi connectivity index (χ2v) is 9.47. The number of nitrogens with zero attached hydrogens (tertiary/aromatic N) is 3. The zero-order chi connectivity index (χ0) is 27.4. The normalized spacial score (nSPS) is 14.1. The summed E-state index contributed by atoms with van der Waals surface area (Å²) < 4.78 is 37.4. The van der Waals surface area contributed by atoms with E-state index in [1.54, 1.807) is 49.4 Å². The Morgan fingerprint density at radius 1 is 1.18 bits per heavy atom. The average Bonchev–Trinajstić information content (AvgIpc) is 3.19. The van der Waals surface area contributed by atoms with Gasteiger partial charge in [-0.15, -0.1) is 11.8 Å². The van der Waals surface area contributed by atoms with Crippen molar-refractivity contribution < 1.29 is 23.0 Å². The second-order valence-electron chi connectivity index (χ2n) is 8.12. The molecule has 2 aromatic carbocycles. The summed E-state index contributed by atoms with van der Waals surface area (Å²) in [4.78, 5) is 18.6. The molecule has 11 heteroatoms. The van der Waals surface area contributed by atoms with Crippen LogP contribution in [0.3, 0.4) is 0 Å². The molecule has 3 aromatic rings. The molecule has 0 radical (unpaired) electrons. The van der Waals surface area contributed by atoms with Gasteiger partial charge in [0.25, 0.3) is 12.3 Å². The van der Waals surface area contributed by atoms with Crippen molar-refractivity contribution in [3.8, 4) is 17.6 Å². The first-order chi connectivity index (χ1) is 18.3. The van der Waals surface area contributed by atoms with Crippen LogP contribution >= 0.6 is 24.0 Å². The van der Waals surface area contributed by atoms with Gasteiger partial charge in [0, 0.05) is 11.3 Å². The third-order valence-corrected chi connectivity index (χ3v) is 7.03. The highest BCUT2D eigenvalue weighted by atomic mass is 32.2. The van der Waals surface area contributed by atoms with E-state index in [0.717, 1.165) is 17.3 Å². The van der Waals surface area contributed by atoms with E-state index >= 15 is 0 Å². The van der Waals surface area contributed by atoms with E-state index in [1.807, 2.05) is 12.1 Å². The van der Waals surface area contributed by atoms with Crippen molar-refractivity contribution in [1.82, 2.24) is 10.3 Å². The van der Waals surface area contributed by atoms with Gasteiger partial charge in [-0.1, -0.05) is 18.2 Å². The van der Waals surface area contributed by atoms with Gasteiger partial charge in [0.2, 0.25) is 0 Å². The molecule has 38 heavy (non-hydrogen) atoms. The number of pyridine rings is 1. The summed E-state index contributed by atoms with van der Waals surface area (Å²) in [7, 11) is 3.04. The number of hydrogen-bond donors (Lipinski definition) is 1. The molecule has 194 valence electrons. The van der Waals surface area contributed by atoms with Gasteiger partial charge in [0.1, 0.15) is 34.0 Å². The SMILES string of the molecule is COc1ccc(/C=C2/NC(=S)N(c3ccccc3OC)C2=O)cc1CSc1nc(C(F)F)cc(C)c1C#N. The standard InChI is InChI=1S/C27H22F2N4O3S2/c1-15-10-19(24(28)29)31-25(18(15)13-30)38-14-17-11-16(8-9-22(17)35-2)12-20-26(34)33(27(37)32-20)21-6-4-5-7-23(21)36-3/h4-12,24H,14H2,1-3H3,(H,32,37)/b20-12+. The Morgan fingerprint density at radius 2 is 1.92 bits per heavy atom.